The highest BCUT2D eigenvalue weighted by molar-refractivity contribution is 6.03. The van der Waals surface area contributed by atoms with E-state index in [0.29, 0.717) is 31.0 Å². The average molecular weight is 371 g/mol. The Hall–Kier alpha value is -2.90. The van der Waals surface area contributed by atoms with Gasteiger partial charge in [-0.15, -0.1) is 0 Å². The van der Waals surface area contributed by atoms with E-state index in [1.54, 1.807) is 21.8 Å². The minimum absolute atomic E-state index is 0.294. The number of carbonyl (C=O) groups excluding carboxylic acids is 2. The molecule has 3 rings (SSSR count). The smallest absolute Gasteiger partial charge is 0.410 e. The first-order chi connectivity index (χ1) is 12.6. The number of fused-ring (bicyclic) bond motifs is 1. The third kappa shape index (κ3) is 4.27. The van der Waals surface area contributed by atoms with Gasteiger partial charge in [-0.25, -0.2) is 9.78 Å². The second-order valence-electron chi connectivity index (χ2n) is 7.72. The Morgan fingerprint density at radius 3 is 2.70 bits per heavy atom. The second kappa shape index (κ2) is 7.02. The number of carbonyl (C=O) groups is 2. The maximum absolute atomic E-state index is 12.8. The van der Waals surface area contributed by atoms with Gasteiger partial charge in [-0.3, -0.25) is 9.48 Å². The lowest BCUT2D eigenvalue weighted by molar-refractivity contribution is 0.0222. The number of aromatic nitrogens is 3. The van der Waals surface area contributed by atoms with Crippen molar-refractivity contribution in [3.05, 3.63) is 40.8 Å². The van der Waals surface area contributed by atoms with Crippen molar-refractivity contribution < 1.29 is 14.3 Å². The van der Waals surface area contributed by atoms with Gasteiger partial charge in [-0.05, 0) is 45.4 Å². The molecule has 1 N–H and O–H groups in total. The fourth-order valence-corrected chi connectivity index (χ4v) is 3.04. The summed E-state index contributed by atoms with van der Waals surface area (Å²) >= 11 is 0. The van der Waals surface area contributed by atoms with E-state index in [-0.39, 0.29) is 12.0 Å². The quantitative estimate of drug-likeness (QED) is 0.877. The Morgan fingerprint density at radius 2 is 2.04 bits per heavy atom. The monoisotopic (exact) mass is 371 g/mol. The zero-order valence-electron chi connectivity index (χ0n) is 16.4. The molecule has 8 heteroatoms. The standard InChI is InChI=1S/C19H25N5O3/c1-12-6-8-20-15(10-12)21-17(25)16-13-11-24(18(26)27-19(2,3)4)9-7-14(13)23(5)22-16/h6,8,10H,7,9,11H2,1-5H3,(H,20,21,25). The summed E-state index contributed by atoms with van der Waals surface area (Å²) in [6.45, 7) is 8.25. The zero-order chi connectivity index (χ0) is 19.8. The highest BCUT2D eigenvalue weighted by Crippen LogP contribution is 2.24. The molecule has 2 aromatic heterocycles. The Morgan fingerprint density at radius 1 is 1.30 bits per heavy atom. The van der Waals surface area contributed by atoms with Crippen LogP contribution in [-0.2, 0) is 24.8 Å². The molecule has 8 nitrogen and oxygen atoms in total. The lowest BCUT2D eigenvalue weighted by Crippen LogP contribution is -2.40. The number of nitrogens with one attached hydrogen (secondary N) is 1. The van der Waals surface area contributed by atoms with Gasteiger partial charge in [-0.2, -0.15) is 5.10 Å². The molecule has 0 unspecified atom stereocenters. The van der Waals surface area contributed by atoms with Crippen LogP contribution >= 0.6 is 0 Å². The Kier molecular flexibility index (Phi) is 4.91. The normalized spacial score (nSPS) is 13.9. The first kappa shape index (κ1) is 18.9. The summed E-state index contributed by atoms with van der Waals surface area (Å²) < 4.78 is 7.17. The van der Waals surface area contributed by atoms with Crippen molar-refractivity contribution in [2.75, 3.05) is 11.9 Å². The van der Waals surface area contributed by atoms with Crippen LogP contribution in [0.5, 0.6) is 0 Å². The number of nitrogens with zero attached hydrogens (tertiary/aromatic N) is 4. The van der Waals surface area contributed by atoms with Gasteiger partial charge in [0.15, 0.2) is 5.69 Å². The molecule has 0 saturated carbocycles. The van der Waals surface area contributed by atoms with E-state index < -0.39 is 5.60 Å². The second-order valence-corrected chi connectivity index (χ2v) is 7.72. The Bertz CT molecular complexity index is 882. The van der Waals surface area contributed by atoms with Crippen molar-refractivity contribution in [2.24, 2.45) is 7.05 Å². The number of hydrogen-bond acceptors (Lipinski definition) is 5. The van der Waals surface area contributed by atoms with Crippen molar-refractivity contribution in [2.45, 2.75) is 46.3 Å². The molecule has 27 heavy (non-hydrogen) atoms. The number of ether oxygens (including phenoxy) is 1. The van der Waals surface area contributed by atoms with Gasteiger partial charge < -0.3 is 15.0 Å². The summed E-state index contributed by atoms with van der Waals surface area (Å²) in [6.07, 6.45) is 1.88. The van der Waals surface area contributed by atoms with E-state index in [2.05, 4.69) is 15.4 Å². The van der Waals surface area contributed by atoms with Gasteiger partial charge in [0.1, 0.15) is 11.4 Å². The van der Waals surface area contributed by atoms with Crippen molar-refractivity contribution in [1.82, 2.24) is 19.7 Å². The van der Waals surface area contributed by atoms with E-state index in [4.69, 9.17) is 4.74 Å². The van der Waals surface area contributed by atoms with Gasteiger partial charge >= 0.3 is 6.09 Å². The van der Waals surface area contributed by atoms with Crippen LogP contribution in [0, 0.1) is 6.92 Å². The first-order valence-electron chi connectivity index (χ1n) is 8.91. The van der Waals surface area contributed by atoms with Gasteiger partial charge in [0, 0.05) is 37.5 Å². The Balaban J connectivity index is 1.81. The molecule has 0 saturated heterocycles. The molecule has 0 spiro atoms. The van der Waals surface area contributed by atoms with Crippen LogP contribution in [0.2, 0.25) is 0 Å². The zero-order valence-corrected chi connectivity index (χ0v) is 16.4. The van der Waals surface area contributed by atoms with Gasteiger partial charge in [0.2, 0.25) is 0 Å². The molecule has 1 aliphatic heterocycles. The summed E-state index contributed by atoms with van der Waals surface area (Å²) in [6, 6.07) is 3.65. The number of pyridine rings is 1. The van der Waals surface area contributed by atoms with E-state index >= 15 is 0 Å². The largest absolute Gasteiger partial charge is 0.444 e. The van der Waals surface area contributed by atoms with Crippen LogP contribution in [0.3, 0.4) is 0 Å². The predicted octanol–water partition coefficient (Wildman–Crippen LogP) is 2.67. The molecule has 0 aromatic carbocycles. The molecule has 2 aromatic rings. The summed E-state index contributed by atoms with van der Waals surface area (Å²) in [5.74, 6) is 0.134. The molecule has 0 aliphatic carbocycles. The fourth-order valence-electron chi connectivity index (χ4n) is 3.04. The van der Waals surface area contributed by atoms with Crippen LogP contribution < -0.4 is 5.32 Å². The first-order valence-corrected chi connectivity index (χ1v) is 8.91. The van der Waals surface area contributed by atoms with Crippen molar-refractivity contribution in [1.29, 1.82) is 0 Å². The molecule has 0 radical (unpaired) electrons. The molecule has 1 aliphatic rings. The van der Waals surface area contributed by atoms with Crippen LogP contribution in [0.25, 0.3) is 0 Å². The number of aryl methyl sites for hydroxylation is 2. The lowest BCUT2D eigenvalue weighted by atomic mass is 10.0. The summed E-state index contributed by atoms with van der Waals surface area (Å²) in [4.78, 5) is 30.9. The van der Waals surface area contributed by atoms with E-state index in [1.807, 2.05) is 40.8 Å². The van der Waals surface area contributed by atoms with Gasteiger partial charge in [-0.1, -0.05) is 0 Å². The Labute approximate surface area is 158 Å². The van der Waals surface area contributed by atoms with Crippen LogP contribution in [0.15, 0.2) is 18.3 Å². The number of anilines is 1. The van der Waals surface area contributed by atoms with Gasteiger partial charge in [0.25, 0.3) is 5.91 Å². The number of amides is 2. The molecule has 0 fully saturated rings. The molecule has 0 bridgehead atoms. The van der Waals surface area contributed by atoms with Crippen molar-refractivity contribution >= 4 is 17.8 Å². The van der Waals surface area contributed by atoms with Crippen molar-refractivity contribution in [3.63, 3.8) is 0 Å². The highest BCUT2D eigenvalue weighted by atomic mass is 16.6. The topological polar surface area (TPSA) is 89.4 Å². The van der Waals surface area contributed by atoms with E-state index in [1.165, 1.54) is 0 Å². The van der Waals surface area contributed by atoms with Crippen LogP contribution in [0.4, 0.5) is 10.6 Å². The minimum atomic E-state index is -0.566. The summed E-state index contributed by atoms with van der Waals surface area (Å²) in [7, 11) is 1.81. The highest BCUT2D eigenvalue weighted by Gasteiger charge is 2.31. The van der Waals surface area contributed by atoms with E-state index in [0.717, 1.165) is 16.8 Å². The summed E-state index contributed by atoms with van der Waals surface area (Å²) in [5.41, 5.74) is 2.45. The van der Waals surface area contributed by atoms with Crippen LogP contribution in [-0.4, -0.2) is 43.8 Å². The van der Waals surface area contributed by atoms with E-state index in [9.17, 15) is 9.59 Å². The van der Waals surface area contributed by atoms with Crippen LogP contribution in [0.1, 0.15) is 48.1 Å². The van der Waals surface area contributed by atoms with Gasteiger partial charge in [0.05, 0.1) is 6.54 Å². The molecular weight excluding hydrogens is 346 g/mol. The molecule has 2 amide bonds. The summed E-state index contributed by atoms with van der Waals surface area (Å²) in [5, 5.41) is 7.16. The number of hydrogen-bond donors (Lipinski definition) is 1. The third-order valence-corrected chi connectivity index (χ3v) is 4.27. The fraction of sp³-hybridized carbons (Fsp3) is 0.474. The lowest BCUT2D eigenvalue weighted by Gasteiger charge is -2.30. The molecule has 144 valence electrons. The molecule has 0 atom stereocenters. The molecule has 3 heterocycles. The molecular formula is C19H25N5O3. The average Bonchev–Trinajstić information content (AvgIpc) is 2.90. The maximum atomic E-state index is 12.8. The third-order valence-electron chi connectivity index (χ3n) is 4.27. The number of rotatable bonds is 2. The predicted molar refractivity (Wildman–Crippen MR) is 100 cm³/mol. The maximum Gasteiger partial charge on any atom is 0.410 e. The van der Waals surface area contributed by atoms with Crippen molar-refractivity contribution in [3.8, 4) is 0 Å². The minimum Gasteiger partial charge on any atom is -0.444 e. The SMILES string of the molecule is Cc1ccnc(NC(=O)c2nn(C)c3c2CN(C(=O)OC(C)(C)C)CC3)c1.